The fourth-order valence-electron chi connectivity index (χ4n) is 2.02. The first-order valence-electron chi connectivity index (χ1n) is 6.97. The number of nitrogens with one attached hydrogen (secondary N) is 1. The highest BCUT2D eigenvalue weighted by atomic mass is 16.2. The predicted octanol–water partition coefficient (Wildman–Crippen LogP) is 3.62. The smallest absolute Gasteiger partial charge is 0.238 e. The van der Waals surface area contributed by atoms with Crippen LogP contribution in [0.25, 0.3) is 11.1 Å². The molecular weight excluding hydrogens is 248 g/mol. The molecule has 0 saturated carbocycles. The molecule has 0 heterocycles. The first kappa shape index (κ1) is 14.1. The van der Waals surface area contributed by atoms with Crippen molar-refractivity contribution in [2.24, 2.45) is 0 Å². The number of hydrogen-bond donors (Lipinski definition) is 1. The summed E-state index contributed by atoms with van der Waals surface area (Å²) in [7, 11) is 0. The van der Waals surface area contributed by atoms with E-state index in [-0.39, 0.29) is 5.91 Å². The van der Waals surface area contributed by atoms with Gasteiger partial charge in [-0.15, -0.1) is 0 Å². The van der Waals surface area contributed by atoms with Crippen LogP contribution in [-0.2, 0) is 4.79 Å². The minimum absolute atomic E-state index is 0.0268. The van der Waals surface area contributed by atoms with Gasteiger partial charge in [-0.3, -0.25) is 15.2 Å². The first-order chi connectivity index (χ1) is 9.74. The van der Waals surface area contributed by atoms with Gasteiger partial charge in [0.05, 0.1) is 5.69 Å². The fourth-order valence-corrected chi connectivity index (χ4v) is 2.02. The Morgan fingerprint density at radius 3 is 2.10 bits per heavy atom. The van der Waals surface area contributed by atoms with Crippen LogP contribution >= 0.6 is 0 Å². The number of carbonyl (C=O) groups excluding carboxylic acids is 1. The number of hydrogen-bond acceptors (Lipinski definition) is 2. The first-order valence-corrected chi connectivity index (χ1v) is 6.97. The Labute approximate surface area is 120 Å². The molecule has 20 heavy (non-hydrogen) atoms. The lowest BCUT2D eigenvalue weighted by Crippen LogP contribution is -2.41. The van der Waals surface area contributed by atoms with Crippen LogP contribution in [0.15, 0.2) is 54.6 Å². The van der Waals surface area contributed by atoms with E-state index >= 15 is 0 Å². The molecule has 104 valence electrons. The summed E-state index contributed by atoms with van der Waals surface area (Å²) in [5, 5.41) is 1.86. The molecule has 0 radical (unpaired) electrons. The van der Waals surface area contributed by atoms with Crippen LogP contribution in [0.5, 0.6) is 0 Å². The third-order valence-corrected chi connectivity index (χ3v) is 3.18. The SMILES string of the molecule is CCC(=O)NN(CC)c1ccc(-c2ccccc2)cc1. The highest BCUT2D eigenvalue weighted by Crippen LogP contribution is 2.22. The van der Waals surface area contributed by atoms with E-state index < -0.39 is 0 Å². The van der Waals surface area contributed by atoms with Gasteiger partial charge in [-0.2, -0.15) is 0 Å². The molecule has 2 rings (SSSR count). The van der Waals surface area contributed by atoms with Gasteiger partial charge in [-0.1, -0.05) is 49.4 Å². The van der Waals surface area contributed by atoms with E-state index in [1.54, 1.807) is 0 Å². The lowest BCUT2D eigenvalue weighted by Gasteiger charge is -2.23. The van der Waals surface area contributed by atoms with Crippen molar-refractivity contribution < 1.29 is 4.79 Å². The van der Waals surface area contributed by atoms with Crippen molar-refractivity contribution in [3.8, 4) is 11.1 Å². The molecular formula is C17H20N2O. The maximum absolute atomic E-state index is 11.5. The molecule has 0 aromatic heterocycles. The van der Waals surface area contributed by atoms with Crippen LogP contribution < -0.4 is 10.4 Å². The highest BCUT2D eigenvalue weighted by Gasteiger charge is 2.07. The molecule has 0 aliphatic rings. The van der Waals surface area contributed by atoms with Gasteiger partial charge in [0.25, 0.3) is 0 Å². The summed E-state index contributed by atoms with van der Waals surface area (Å²) < 4.78 is 0. The van der Waals surface area contributed by atoms with Crippen molar-refractivity contribution >= 4 is 11.6 Å². The second-order valence-electron chi connectivity index (χ2n) is 4.55. The zero-order valence-electron chi connectivity index (χ0n) is 12.0. The number of nitrogens with zero attached hydrogens (tertiary/aromatic N) is 1. The van der Waals surface area contributed by atoms with E-state index in [4.69, 9.17) is 0 Å². The lowest BCUT2D eigenvalue weighted by molar-refractivity contribution is -0.120. The molecule has 2 aromatic rings. The third-order valence-electron chi connectivity index (χ3n) is 3.18. The predicted molar refractivity (Wildman–Crippen MR) is 83.3 cm³/mol. The van der Waals surface area contributed by atoms with E-state index in [2.05, 4.69) is 29.7 Å². The molecule has 0 fully saturated rings. The second kappa shape index (κ2) is 6.75. The molecule has 0 unspecified atom stereocenters. The van der Waals surface area contributed by atoms with Gasteiger partial charge in [0.1, 0.15) is 0 Å². The topological polar surface area (TPSA) is 32.3 Å². The Kier molecular flexibility index (Phi) is 4.77. The lowest BCUT2D eigenvalue weighted by atomic mass is 10.1. The van der Waals surface area contributed by atoms with Crippen molar-refractivity contribution in [1.29, 1.82) is 0 Å². The Morgan fingerprint density at radius 1 is 0.950 bits per heavy atom. The normalized spacial score (nSPS) is 10.1. The summed E-state index contributed by atoms with van der Waals surface area (Å²) in [4.78, 5) is 11.5. The number of benzene rings is 2. The molecule has 1 N–H and O–H groups in total. The number of carbonyl (C=O) groups is 1. The molecule has 0 aliphatic carbocycles. The van der Waals surface area contributed by atoms with Crippen molar-refractivity contribution in [2.75, 3.05) is 11.6 Å². The number of rotatable bonds is 5. The monoisotopic (exact) mass is 268 g/mol. The maximum Gasteiger partial charge on any atom is 0.238 e. The van der Waals surface area contributed by atoms with Crippen LogP contribution in [0.3, 0.4) is 0 Å². The fraction of sp³-hybridized carbons (Fsp3) is 0.235. The summed E-state index contributed by atoms with van der Waals surface area (Å²) in [5.74, 6) is 0.0268. The molecule has 0 aliphatic heterocycles. The molecule has 1 amide bonds. The number of hydrazine groups is 1. The third kappa shape index (κ3) is 3.38. The molecule has 0 spiro atoms. The van der Waals surface area contributed by atoms with Gasteiger partial charge in [-0.25, -0.2) is 0 Å². The van der Waals surface area contributed by atoms with E-state index in [1.807, 2.05) is 49.2 Å². The molecule has 3 heteroatoms. The molecule has 3 nitrogen and oxygen atoms in total. The van der Waals surface area contributed by atoms with Crippen LogP contribution in [-0.4, -0.2) is 12.5 Å². The van der Waals surface area contributed by atoms with E-state index in [0.717, 1.165) is 12.2 Å². The van der Waals surface area contributed by atoms with Crippen LogP contribution in [0, 0.1) is 0 Å². The summed E-state index contributed by atoms with van der Waals surface area (Å²) in [6, 6.07) is 18.5. The van der Waals surface area contributed by atoms with Crippen molar-refractivity contribution in [3.05, 3.63) is 54.6 Å². The second-order valence-corrected chi connectivity index (χ2v) is 4.55. The van der Waals surface area contributed by atoms with Gasteiger partial charge >= 0.3 is 0 Å². The van der Waals surface area contributed by atoms with Crippen LogP contribution in [0.1, 0.15) is 20.3 Å². The van der Waals surface area contributed by atoms with E-state index in [0.29, 0.717) is 6.42 Å². The highest BCUT2D eigenvalue weighted by molar-refractivity contribution is 5.77. The van der Waals surface area contributed by atoms with E-state index in [9.17, 15) is 4.79 Å². The largest absolute Gasteiger partial charge is 0.286 e. The van der Waals surface area contributed by atoms with Crippen LogP contribution in [0.2, 0.25) is 0 Å². The molecule has 0 atom stereocenters. The van der Waals surface area contributed by atoms with Crippen molar-refractivity contribution in [3.63, 3.8) is 0 Å². The van der Waals surface area contributed by atoms with Gasteiger partial charge in [0.2, 0.25) is 5.91 Å². The van der Waals surface area contributed by atoms with Gasteiger partial charge < -0.3 is 0 Å². The zero-order valence-corrected chi connectivity index (χ0v) is 12.0. The van der Waals surface area contributed by atoms with Gasteiger partial charge in [0, 0.05) is 13.0 Å². The Morgan fingerprint density at radius 2 is 1.55 bits per heavy atom. The minimum atomic E-state index is 0.0268. The summed E-state index contributed by atoms with van der Waals surface area (Å²) in [6.07, 6.45) is 0.485. The quantitative estimate of drug-likeness (QED) is 0.840. The Hall–Kier alpha value is -2.29. The van der Waals surface area contributed by atoms with E-state index in [1.165, 1.54) is 11.1 Å². The average molecular weight is 268 g/mol. The van der Waals surface area contributed by atoms with Crippen LogP contribution in [0.4, 0.5) is 5.69 Å². The average Bonchev–Trinajstić information content (AvgIpc) is 2.53. The standard InChI is InChI=1S/C17H20N2O/c1-3-17(20)18-19(4-2)16-12-10-15(11-13-16)14-8-6-5-7-9-14/h5-13H,3-4H2,1-2H3,(H,18,20). The maximum atomic E-state index is 11.5. The minimum Gasteiger partial charge on any atom is -0.286 e. The van der Waals surface area contributed by atoms with Gasteiger partial charge in [-0.05, 0) is 30.2 Å². The van der Waals surface area contributed by atoms with Crippen molar-refractivity contribution in [1.82, 2.24) is 5.43 Å². The summed E-state index contributed by atoms with van der Waals surface area (Å²) >= 11 is 0. The Bertz CT molecular complexity index is 549. The number of anilines is 1. The summed E-state index contributed by atoms with van der Waals surface area (Å²) in [5.41, 5.74) is 6.25. The molecule has 2 aromatic carbocycles. The Balaban J connectivity index is 2.16. The molecule has 0 bridgehead atoms. The van der Waals surface area contributed by atoms with Crippen molar-refractivity contribution in [2.45, 2.75) is 20.3 Å². The number of amides is 1. The molecule has 0 saturated heterocycles. The summed E-state index contributed by atoms with van der Waals surface area (Å²) in [6.45, 7) is 4.60. The van der Waals surface area contributed by atoms with Gasteiger partial charge in [0.15, 0.2) is 0 Å². The zero-order chi connectivity index (χ0) is 14.4.